The Morgan fingerprint density at radius 1 is 0.657 bits per heavy atom. The maximum atomic E-state index is 4.96. The minimum atomic E-state index is 0.600. The average molecular weight is 454 g/mol. The van der Waals surface area contributed by atoms with Gasteiger partial charge in [0, 0.05) is 22.7 Å². The normalized spacial score (nSPS) is 11.4. The summed E-state index contributed by atoms with van der Waals surface area (Å²) in [4.78, 5) is 4.47. The molecule has 35 heavy (non-hydrogen) atoms. The van der Waals surface area contributed by atoms with Crippen molar-refractivity contribution in [1.29, 1.82) is 0 Å². The molecule has 6 aromatic rings. The van der Waals surface area contributed by atoms with E-state index in [-0.39, 0.29) is 0 Å². The Morgan fingerprint density at radius 2 is 1.29 bits per heavy atom. The SMILES string of the molecule is C(=Nn1c(-c2ccccc2)ccc1-c1ccccc1)c1nn(Cc2ccccn2)c2ccccc12. The van der Waals surface area contributed by atoms with Crippen molar-refractivity contribution in [2.75, 3.05) is 0 Å². The Hall–Kier alpha value is -4.77. The van der Waals surface area contributed by atoms with Crippen LogP contribution in [0.1, 0.15) is 11.4 Å². The van der Waals surface area contributed by atoms with Crippen LogP contribution in [0.5, 0.6) is 0 Å². The molecule has 0 atom stereocenters. The lowest BCUT2D eigenvalue weighted by Gasteiger charge is -2.08. The molecule has 0 spiro atoms. The van der Waals surface area contributed by atoms with Crippen LogP contribution in [0, 0.1) is 0 Å². The van der Waals surface area contributed by atoms with Crippen LogP contribution in [0.4, 0.5) is 0 Å². The number of aromatic nitrogens is 4. The first-order valence-electron chi connectivity index (χ1n) is 11.6. The van der Waals surface area contributed by atoms with Gasteiger partial charge < -0.3 is 0 Å². The molecule has 5 heteroatoms. The van der Waals surface area contributed by atoms with E-state index >= 15 is 0 Å². The lowest BCUT2D eigenvalue weighted by Crippen LogP contribution is -2.04. The van der Waals surface area contributed by atoms with E-state index in [0.29, 0.717) is 6.54 Å². The molecule has 0 saturated carbocycles. The van der Waals surface area contributed by atoms with E-state index in [1.807, 2.05) is 88.5 Å². The minimum absolute atomic E-state index is 0.600. The molecule has 0 N–H and O–H groups in total. The van der Waals surface area contributed by atoms with Crippen LogP contribution in [0.25, 0.3) is 33.4 Å². The van der Waals surface area contributed by atoms with E-state index < -0.39 is 0 Å². The molecular weight excluding hydrogens is 430 g/mol. The third kappa shape index (κ3) is 4.15. The van der Waals surface area contributed by atoms with Gasteiger partial charge >= 0.3 is 0 Å². The summed E-state index contributed by atoms with van der Waals surface area (Å²) in [5, 5.41) is 10.9. The number of para-hydroxylation sites is 1. The van der Waals surface area contributed by atoms with Crippen LogP contribution in [0.2, 0.25) is 0 Å². The smallest absolute Gasteiger partial charge is 0.113 e. The fourth-order valence-corrected chi connectivity index (χ4v) is 4.33. The summed E-state index contributed by atoms with van der Waals surface area (Å²) in [5.41, 5.74) is 7.11. The Balaban J connectivity index is 1.45. The van der Waals surface area contributed by atoms with E-state index in [0.717, 1.165) is 44.8 Å². The zero-order valence-corrected chi connectivity index (χ0v) is 19.1. The highest BCUT2D eigenvalue weighted by atomic mass is 15.4. The number of nitrogens with zero attached hydrogens (tertiary/aromatic N) is 5. The standard InChI is InChI=1S/C30H23N5/c1-3-11-23(12-4-1)28-18-19-29(24-13-5-2-6-14-24)35(28)32-21-27-26-16-7-8-17-30(26)34(33-27)22-25-15-9-10-20-31-25/h1-21H,22H2. The van der Waals surface area contributed by atoms with Gasteiger partial charge in [-0.05, 0) is 30.3 Å². The van der Waals surface area contributed by atoms with Crippen molar-refractivity contribution < 1.29 is 0 Å². The Labute approximate surface area is 203 Å². The number of hydrogen-bond donors (Lipinski definition) is 0. The van der Waals surface area contributed by atoms with Gasteiger partial charge in [-0.1, -0.05) is 84.9 Å². The Morgan fingerprint density at radius 3 is 1.94 bits per heavy atom. The second-order valence-corrected chi connectivity index (χ2v) is 8.27. The first kappa shape index (κ1) is 20.8. The molecule has 0 fully saturated rings. The van der Waals surface area contributed by atoms with Gasteiger partial charge in [0.15, 0.2) is 0 Å². The molecule has 0 aliphatic carbocycles. The van der Waals surface area contributed by atoms with E-state index in [1.54, 1.807) is 0 Å². The highest BCUT2D eigenvalue weighted by molar-refractivity contribution is 5.97. The second-order valence-electron chi connectivity index (χ2n) is 8.27. The number of pyridine rings is 1. The topological polar surface area (TPSA) is 48.0 Å². The molecule has 5 nitrogen and oxygen atoms in total. The largest absolute Gasteiger partial charge is 0.259 e. The molecule has 0 bridgehead atoms. The molecule has 0 aliphatic rings. The van der Waals surface area contributed by atoms with Crippen LogP contribution in [-0.2, 0) is 6.54 Å². The van der Waals surface area contributed by atoms with Crippen molar-refractivity contribution in [2.24, 2.45) is 5.10 Å². The lowest BCUT2D eigenvalue weighted by atomic mass is 10.2. The zero-order chi connectivity index (χ0) is 23.5. The second kappa shape index (κ2) is 9.23. The Kier molecular flexibility index (Phi) is 5.49. The van der Waals surface area contributed by atoms with E-state index in [9.17, 15) is 0 Å². The highest BCUT2D eigenvalue weighted by Gasteiger charge is 2.13. The molecule has 6 rings (SSSR count). The maximum absolute atomic E-state index is 4.96. The molecule has 3 heterocycles. The highest BCUT2D eigenvalue weighted by Crippen LogP contribution is 2.29. The fraction of sp³-hybridized carbons (Fsp3) is 0.0333. The average Bonchev–Trinajstić information content (AvgIpc) is 3.51. The number of benzene rings is 3. The number of fused-ring (bicyclic) bond motifs is 1. The Bertz CT molecular complexity index is 1540. The molecule has 3 aromatic heterocycles. The first-order chi connectivity index (χ1) is 17.4. The van der Waals surface area contributed by atoms with Gasteiger partial charge in [-0.25, -0.2) is 4.68 Å². The van der Waals surface area contributed by atoms with Crippen LogP contribution in [0.15, 0.2) is 127 Å². The molecule has 0 aliphatic heterocycles. The van der Waals surface area contributed by atoms with Crippen molar-refractivity contribution in [3.8, 4) is 22.5 Å². The van der Waals surface area contributed by atoms with Crippen molar-refractivity contribution >= 4 is 17.1 Å². The third-order valence-electron chi connectivity index (χ3n) is 6.01. The number of hydrogen-bond acceptors (Lipinski definition) is 3. The van der Waals surface area contributed by atoms with Gasteiger partial charge in [0.05, 0.1) is 35.4 Å². The molecule has 3 aromatic carbocycles. The van der Waals surface area contributed by atoms with Gasteiger partial charge in [0.25, 0.3) is 0 Å². The summed E-state index contributed by atoms with van der Waals surface area (Å²) in [5.74, 6) is 0. The van der Waals surface area contributed by atoms with Gasteiger partial charge in [0.1, 0.15) is 5.69 Å². The maximum Gasteiger partial charge on any atom is 0.113 e. The summed E-state index contributed by atoms with van der Waals surface area (Å²) < 4.78 is 3.99. The van der Waals surface area contributed by atoms with Crippen LogP contribution >= 0.6 is 0 Å². The summed E-state index contributed by atoms with van der Waals surface area (Å²) in [7, 11) is 0. The molecule has 0 amide bonds. The van der Waals surface area contributed by atoms with E-state index in [1.165, 1.54) is 0 Å². The molecular formula is C30H23N5. The summed E-state index contributed by atoms with van der Waals surface area (Å²) in [6.45, 7) is 0.600. The van der Waals surface area contributed by atoms with Crippen LogP contribution in [0.3, 0.4) is 0 Å². The summed E-state index contributed by atoms with van der Waals surface area (Å²) in [6.07, 6.45) is 3.67. The van der Waals surface area contributed by atoms with Crippen molar-refractivity contribution in [2.45, 2.75) is 6.54 Å². The molecule has 168 valence electrons. The van der Waals surface area contributed by atoms with Crippen LogP contribution < -0.4 is 0 Å². The van der Waals surface area contributed by atoms with Gasteiger partial charge in [-0.15, -0.1) is 0 Å². The summed E-state index contributed by atoms with van der Waals surface area (Å²) >= 11 is 0. The van der Waals surface area contributed by atoms with E-state index in [2.05, 4.69) is 53.5 Å². The summed E-state index contributed by atoms with van der Waals surface area (Å²) in [6, 6.07) is 39.1. The minimum Gasteiger partial charge on any atom is -0.259 e. The van der Waals surface area contributed by atoms with E-state index in [4.69, 9.17) is 10.2 Å². The molecule has 0 saturated heterocycles. The zero-order valence-electron chi connectivity index (χ0n) is 19.1. The molecule has 0 unspecified atom stereocenters. The van der Waals surface area contributed by atoms with Gasteiger partial charge in [0.2, 0.25) is 0 Å². The molecule has 0 radical (unpaired) electrons. The van der Waals surface area contributed by atoms with Crippen molar-refractivity contribution in [1.82, 2.24) is 19.4 Å². The predicted molar refractivity (Wildman–Crippen MR) is 141 cm³/mol. The van der Waals surface area contributed by atoms with Crippen LogP contribution in [-0.4, -0.2) is 25.7 Å². The lowest BCUT2D eigenvalue weighted by molar-refractivity contribution is 0.694. The quantitative estimate of drug-likeness (QED) is 0.270. The van der Waals surface area contributed by atoms with Gasteiger partial charge in [-0.2, -0.15) is 10.2 Å². The van der Waals surface area contributed by atoms with Gasteiger partial charge in [-0.3, -0.25) is 9.67 Å². The third-order valence-corrected chi connectivity index (χ3v) is 6.01. The monoisotopic (exact) mass is 453 g/mol. The van der Waals surface area contributed by atoms with Crippen molar-refractivity contribution in [3.63, 3.8) is 0 Å². The predicted octanol–water partition coefficient (Wildman–Crippen LogP) is 6.50. The van der Waals surface area contributed by atoms with Crippen molar-refractivity contribution in [3.05, 3.63) is 133 Å². The first-order valence-corrected chi connectivity index (χ1v) is 11.6. The fourth-order valence-electron chi connectivity index (χ4n) is 4.33. The number of rotatable bonds is 6.